The largest absolute Gasteiger partial charge is 0.478 e. The number of aromatic nitrogens is 4. The van der Waals surface area contributed by atoms with Crippen LogP contribution in [0.5, 0.6) is 0 Å². The number of nitrogen functional groups attached to an aromatic ring is 1. The van der Waals surface area contributed by atoms with Gasteiger partial charge >= 0.3 is 5.97 Å². The molecule has 9 nitrogen and oxygen atoms in total. The molecule has 3 rings (SSSR count). The number of carbonyl (C=O) groups is 2. The predicted octanol–water partition coefficient (Wildman–Crippen LogP) is 0.673. The number of nitrogens with one attached hydrogen (secondary N) is 1. The summed E-state index contributed by atoms with van der Waals surface area (Å²) in [5, 5.41) is 9.05. The number of aromatic carboxylic acids is 1. The van der Waals surface area contributed by atoms with E-state index in [-0.39, 0.29) is 46.6 Å². The number of Topliss-reactive ketones (excluding diaryl/α,β-unsaturated/α-hetero) is 1. The van der Waals surface area contributed by atoms with Crippen LogP contribution < -0.4 is 11.3 Å². The molecule has 0 aliphatic carbocycles. The van der Waals surface area contributed by atoms with E-state index in [1.165, 1.54) is 30.9 Å². The molecule has 1 aromatic carbocycles. The van der Waals surface area contributed by atoms with Crippen LogP contribution in [0.2, 0.25) is 0 Å². The van der Waals surface area contributed by atoms with Gasteiger partial charge in [-0.05, 0) is 12.1 Å². The lowest BCUT2D eigenvalue weighted by atomic mass is 10.0. The molecule has 0 bridgehead atoms. The lowest BCUT2D eigenvalue weighted by Gasteiger charge is -2.08. The third-order valence-electron chi connectivity index (χ3n) is 3.62. The summed E-state index contributed by atoms with van der Waals surface area (Å²) in [6.45, 7) is 0.239. The van der Waals surface area contributed by atoms with E-state index < -0.39 is 5.97 Å². The fourth-order valence-corrected chi connectivity index (χ4v) is 2.41. The number of fused-ring (bicyclic) bond motifs is 1. The van der Waals surface area contributed by atoms with Crippen LogP contribution in [0.1, 0.15) is 27.1 Å². The zero-order valence-corrected chi connectivity index (χ0v) is 12.4. The second-order valence-corrected chi connectivity index (χ2v) is 5.09. The second-order valence-electron chi connectivity index (χ2n) is 5.09. The maximum atomic E-state index is 12.3. The van der Waals surface area contributed by atoms with Crippen LogP contribution in [0.4, 0.5) is 5.69 Å². The lowest BCUT2D eigenvalue weighted by molar-refractivity contribution is 0.0698. The van der Waals surface area contributed by atoms with Crippen molar-refractivity contribution in [1.29, 1.82) is 0 Å². The van der Waals surface area contributed by atoms with Crippen LogP contribution in [0, 0.1) is 0 Å². The summed E-state index contributed by atoms with van der Waals surface area (Å²) in [6, 6.07) is 4.30. The average molecular weight is 327 g/mol. The van der Waals surface area contributed by atoms with Gasteiger partial charge in [-0.1, -0.05) is 6.07 Å². The summed E-state index contributed by atoms with van der Waals surface area (Å²) in [5.74, 6) is -1.49. The van der Waals surface area contributed by atoms with E-state index in [1.54, 1.807) is 4.57 Å². The van der Waals surface area contributed by atoms with Crippen LogP contribution in [-0.2, 0) is 6.54 Å². The lowest BCUT2D eigenvalue weighted by Crippen LogP contribution is -2.12. The van der Waals surface area contributed by atoms with Gasteiger partial charge in [0.1, 0.15) is 0 Å². The molecule has 3 aromatic rings. The zero-order chi connectivity index (χ0) is 17.3. The molecule has 0 saturated carbocycles. The number of rotatable bonds is 5. The number of hydrogen-bond acceptors (Lipinski definition) is 6. The van der Waals surface area contributed by atoms with Gasteiger partial charge in [-0.2, -0.15) is 0 Å². The number of carboxylic acid groups (broad SMARTS) is 1. The van der Waals surface area contributed by atoms with Crippen molar-refractivity contribution in [3.05, 3.63) is 52.3 Å². The number of anilines is 1. The molecule has 0 saturated heterocycles. The molecular formula is C15H13N5O4. The minimum atomic E-state index is -1.19. The van der Waals surface area contributed by atoms with Gasteiger partial charge in [0, 0.05) is 18.5 Å². The topological polar surface area (TPSA) is 144 Å². The summed E-state index contributed by atoms with van der Waals surface area (Å²) in [4.78, 5) is 45.4. The highest BCUT2D eigenvalue weighted by Gasteiger charge is 2.16. The molecule has 0 fully saturated rings. The van der Waals surface area contributed by atoms with E-state index in [0.717, 1.165) is 0 Å². The number of aryl methyl sites for hydroxylation is 1. The highest BCUT2D eigenvalue weighted by atomic mass is 16.4. The first-order valence-electron chi connectivity index (χ1n) is 7.02. The Morgan fingerprint density at radius 1 is 1.25 bits per heavy atom. The summed E-state index contributed by atoms with van der Waals surface area (Å²) in [5.41, 5.74) is 5.97. The van der Waals surface area contributed by atoms with Crippen molar-refractivity contribution in [2.24, 2.45) is 0 Å². The Morgan fingerprint density at radius 3 is 2.75 bits per heavy atom. The number of imidazole rings is 1. The highest BCUT2D eigenvalue weighted by molar-refractivity contribution is 6.06. The maximum Gasteiger partial charge on any atom is 0.337 e. The highest BCUT2D eigenvalue weighted by Crippen LogP contribution is 2.19. The molecule has 0 aliphatic heterocycles. The fourth-order valence-electron chi connectivity index (χ4n) is 2.41. The molecule has 2 heterocycles. The van der Waals surface area contributed by atoms with Gasteiger partial charge in [-0.15, -0.1) is 0 Å². The van der Waals surface area contributed by atoms with Gasteiger partial charge in [-0.25, -0.2) is 14.8 Å². The van der Waals surface area contributed by atoms with Gasteiger partial charge < -0.3 is 20.4 Å². The molecule has 0 radical (unpaired) electrons. The van der Waals surface area contributed by atoms with Crippen LogP contribution in [-0.4, -0.2) is 36.4 Å². The third kappa shape index (κ3) is 2.62. The molecule has 4 N–H and O–H groups in total. The molecular weight excluding hydrogens is 314 g/mol. The van der Waals surface area contributed by atoms with Crippen molar-refractivity contribution in [3.63, 3.8) is 0 Å². The Bertz CT molecular complexity index is 1000. The predicted molar refractivity (Wildman–Crippen MR) is 84.9 cm³/mol. The average Bonchev–Trinajstić information content (AvgIpc) is 2.97. The van der Waals surface area contributed by atoms with Crippen LogP contribution in [0.25, 0.3) is 11.2 Å². The van der Waals surface area contributed by atoms with E-state index >= 15 is 0 Å². The van der Waals surface area contributed by atoms with Crippen LogP contribution in [0.15, 0.2) is 35.6 Å². The molecule has 122 valence electrons. The Labute approximate surface area is 134 Å². The number of ketones is 1. The van der Waals surface area contributed by atoms with E-state index in [9.17, 15) is 14.4 Å². The Kier molecular flexibility index (Phi) is 3.82. The van der Waals surface area contributed by atoms with Gasteiger partial charge in [0.2, 0.25) is 0 Å². The number of para-hydroxylation sites is 1. The van der Waals surface area contributed by atoms with Crippen molar-refractivity contribution >= 4 is 28.6 Å². The van der Waals surface area contributed by atoms with Gasteiger partial charge in [0.15, 0.2) is 16.9 Å². The fraction of sp³-hybridized carbons (Fsp3) is 0.133. The number of benzene rings is 1. The van der Waals surface area contributed by atoms with Gasteiger partial charge in [-0.3, -0.25) is 9.59 Å². The first-order valence-corrected chi connectivity index (χ1v) is 7.02. The second kappa shape index (κ2) is 5.95. The molecule has 0 aliphatic rings. The zero-order valence-electron chi connectivity index (χ0n) is 12.4. The number of aromatic amines is 1. The first kappa shape index (κ1) is 15.4. The molecule has 0 amide bonds. The number of carbonyl (C=O) groups excluding carboxylic acids is 1. The number of nitrogens with zero attached hydrogens (tertiary/aromatic N) is 3. The summed E-state index contributed by atoms with van der Waals surface area (Å²) >= 11 is 0. The SMILES string of the molecule is Nc1c(C(=O)O)cccc1C(=O)CCn1cnc2c(=O)[nH]cnc21. The van der Waals surface area contributed by atoms with E-state index in [1.807, 2.05) is 0 Å². The Hall–Kier alpha value is -3.49. The molecule has 0 atom stereocenters. The smallest absolute Gasteiger partial charge is 0.337 e. The van der Waals surface area contributed by atoms with Crippen LogP contribution in [0.3, 0.4) is 0 Å². The standard InChI is InChI=1S/C15H13N5O4/c16-11-8(2-1-3-9(11)15(23)24)10(21)4-5-20-7-19-12-13(20)17-6-18-14(12)22/h1-3,6-7H,4-5,16H2,(H,23,24)(H,17,18,22). The quantitative estimate of drug-likeness (QED) is 0.461. The van der Waals surface area contributed by atoms with E-state index in [4.69, 9.17) is 10.8 Å². The molecule has 9 heteroatoms. The third-order valence-corrected chi connectivity index (χ3v) is 3.62. The van der Waals surface area contributed by atoms with E-state index in [2.05, 4.69) is 15.0 Å². The summed E-state index contributed by atoms with van der Waals surface area (Å²) < 4.78 is 1.58. The van der Waals surface area contributed by atoms with Crippen molar-refractivity contribution in [2.75, 3.05) is 5.73 Å². The Balaban J connectivity index is 1.83. The van der Waals surface area contributed by atoms with Crippen molar-refractivity contribution in [1.82, 2.24) is 19.5 Å². The summed E-state index contributed by atoms with van der Waals surface area (Å²) in [6.07, 6.45) is 2.75. The maximum absolute atomic E-state index is 12.3. The van der Waals surface area contributed by atoms with Crippen LogP contribution >= 0.6 is 0 Å². The molecule has 0 unspecified atom stereocenters. The monoisotopic (exact) mass is 327 g/mol. The number of nitrogens with two attached hydrogens (primary N) is 1. The van der Waals surface area contributed by atoms with Crippen molar-refractivity contribution < 1.29 is 14.7 Å². The minimum absolute atomic E-state index is 0.0555. The molecule has 2 aromatic heterocycles. The first-order chi connectivity index (χ1) is 11.5. The molecule has 24 heavy (non-hydrogen) atoms. The van der Waals surface area contributed by atoms with Crippen molar-refractivity contribution in [3.8, 4) is 0 Å². The number of carboxylic acids is 1. The normalized spacial score (nSPS) is 10.8. The Morgan fingerprint density at radius 2 is 2.00 bits per heavy atom. The van der Waals surface area contributed by atoms with E-state index in [0.29, 0.717) is 5.65 Å². The van der Waals surface area contributed by atoms with Gasteiger partial charge in [0.25, 0.3) is 5.56 Å². The number of hydrogen-bond donors (Lipinski definition) is 3. The van der Waals surface area contributed by atoms with Gasteiger partial charge in [0.05, 0.1) is 23.9 Å². The summed E-state index contributed by atoms with van der Waals surface area (Å²) in [7, 11) is 0. The number of H-pyrrole nitrogens is 1. The van der Waals surface area contributed by atoms with Crippen molar-refractivity contribution in [2.45, 2.75) is 13.0 Å². The molecule has 0 spiro atoms. The minimum Gasteiger partial charge on any atom is -0.478 e.